The van der Waals surface area contributed by atoms with Gasteiger partial charge in [-0.1, -0.05) is 5.57 Å². The molecule has 1 N–H and O–H groups in total. The summed E-state index contributed by atoms with van der Waals surface area (Å²) in [6, 6.07) is 5.17. The van der Waals surface area contributed by atoms with Crippen molar-refractivity contribution in [1.29, 1.82) is 0 Å². The Morgan fingerprint density at radius 2 is 1.91 bits per heavy atom. The summed E-state index contributed by atoms with van der Waals surface area (Å²) in [5.41, 5.74) is -0.0854. The summed E-state index contributed by atoms with van der Waals surface area (Å²) in [5.74, 6) is 3.01. The Kier molecular flexibility index (Phi) is 7.85. The van der Waals surface area contributed by atoms with Gasteiger partial charge in [0.2, 0.25) is 5.78 Å². The van der Waals surface area contributed by atoms with E-state index in [-0.39, 0.29) is 40.8 Å². The summed E-state index contributed by atoms with van der Waals surface area (Å²) in [6.45, 7) is 3.03. The summed E-state index contributed by atoms with van der Waals surface area (Å²) in [6.07, 6.45) is 1.61. The van der Waals surface area contributed by atoms with E-state index in [9.17, 15) is 31.7 Å². The van der Waals surface area contributed by atoms with E-state index in [2.05, 4.69) is 26.2 Å². The molecule has 4 aromatic rings. The van der Waals surface area contributed by atoms with Crippen LogP contribution >= 0.6 is 11.3 Å². The summed E-state index contributed by atoms with van der Waals surface area (Å²) < 4.78 is 72.0. The molecular formula is C30H31F4N7O3S2. The maximum Gasteiger partial charge on any atom is 0.427 e. The van der Waals surface area contributed by atoms with Crippen molar-refractivity contribution in [1.82, 2.24) is 34.1 Å². The van der Waals surface area contributed by atoms with Crippen LogP contribution in [0.1, 0.15) is 59.0 Å². The highest BCUT2D eigenvalue weighted by molar-refractivity contribution is 7.98. The number of allylic oxidation sites excluding steroid dienone is 1. The number of aryl methyl sites for hydroxylation is 1. The lowest BCUT2D eigenvalue weighted by molar-refractivity contribution is -0.134. The Morgan fingerprint density at radius 3 is 2.52 bits per heavy atom. The van der Waals surface area contributed by atoms with Crippen LogP contribution in [-0.4, -0.2) is 73.2 Å². The molecule has 16 heteroatoms. The van der Waals surface area contributed by atoms with Gasteiger partial charge in [0.25, 0.3) is 0 Å². The van der Waals surface area contributed by atoms with Gasteiger partial charge in [0.05, 0.1) is 50.7 Å². The highest BCUT2D eigenvalue weighted by Gasteiger charge is 2.52. The lowest BCUT2D eigenvalue weighted by atomic mass is 9.61. The van der Waals surface area contributed by atoms with Gasteiger partial charge >= 0.3 is 6.18 Å². The molecule has 2 aliphatic rings. The molecule has 10 nitrogen and oxygen atoms in total. The van der Waals surface area contributed by atoms with Crippen molar-refractivity contribution in [2.45, 2.75) is 62.4 Å². The first kappa shape index (κ1) is 32.2. The Hall–Kier alpha value is -3.73. The van der Waals surface area contributed by atoms with Crippen LogP contribution in [0.25, 0.3) is 11.8 Å². The summed E-state index contributed by atoms with van der Waals surface area (Å²) in [5, 5.41) is 23.5. The average Bonchev–Trinajstić information content (AvgIpc) is 3.74. The second kappa shape index (κ2) is 11.2. The van der Waals surface area contributed by atoms with Gasteiger partial charge < -0.3 is 5.11 Å². The number of halogens is 4. The number of thiazole rings is 1. The number of benzene rings is 1. The third kappa shape index (κ3) is 5.82. The van der Waals surface area contributed by atoms with Gasteiger partial charge in [-0.15, -0.1) is 16.4 Å². The first-order chi connectivity index (χ1) is 21.5. The topological polar surface area (TPSA) is 119 Å². The number of fused-ring (bicyclic) bond motifs is 2. The van der Waals surface area contributed by atoms with Crippen LogP contribution in [-0.2, 0) is 29.4 Å². The second-order valence-electron chi connectivity index (χ2n) is 12.3. The van der Waals surface area contributed by atoms with Gasteiger partial charge in [-0.3, -0.25) is 4.79 Å². The van der Waals surface area contributed by atoms with Crippen molar-refractivity contribution in [2.24, 2.45) is 12.5 Å². The molecule has 0 aliphatic heterocycles. The number of Topliss-reactive ketones (excluding diaryl/α,β-unsaturated/α-hetero) is 1. The van der Waals surface area contributed by atoms with Crippen molar-refractivity contribution in [3.63, 3.8) is 0 Å². The van der Waals surface area contributed by atoms with Crippen LogP contribution in [0.4, 0.5) is 17.6 Å². The zero-order valence-electron chi connectivity index (χ0n) is 25.2. The minimum absolute atomic E-state index is 0.0582. The number of aromatic nitrogens is 6. The van der Waals surface area contributed by atoms with Gasteiger partial charge in [0.1, 0.15) is 10.7 Å². The van der Waals surface area contributed by atoms with Gasteiger partial charge in [0, 0.05) is 19.6 Å². The number of ketones is 1. The van der Waals surface area contributed by atoms with Crippen LogP contribution in [0.15, 0.2) is 53.5 Å². The third-order valence-corrected chi connectivity index (χ3v) is 11.4. The molecule has 1 saturated carbocycles. The van der Waals surface area contributed by atoms with Crippen LogP contribution in [0.2, 0.25) is 0 Å². The number of rotatable bonds is 8. The van der Waals surface area contributed by atoms with Crippen molar-refractivity contribution < 1.29 is 31.7 Å². The fourth-order valence-corrected chi connectivity index (χ4v) is 8.99. The first-order valence-electron chi connectivity index (χ1n) is 14.3. The summed E-state index contributed by atoms with van der Waals surface area (Å²) in [7, 11) is -1.77. The minimum Gasteiger partial charge on any atom is -0.389 e. The van der Waals surface area contributed by atoms with E-state index in [0.29, 0.717) is 41.6 Å². The van der Waals surface area contributed by atoms with Crippen LogP contribution in [0.5, 0.6) is 0 Å². The maximum absolute atomic E-state index is 14.5. The molecule has 0 saturated heterocycles. The molecular weight excluding hydrogens is 647 g/mol. The van der Waals surface area contributed by atoms with E-state index < -0.39 is 49.4 Å². The predicted octanol–water partition coefficient (Wildman–Crippen LogP) is 4.74. The minimum atomic E-state index is -4.67. The van der Waals surface area contributed by atoms with Crippen molar-refractivity contribution >= 4 is 38.8 Å². The summed E-state index contributed by atoms with van der Waals surface area (Å²) in [4.78, 5) is 18.7. The lowest BCUT2D eigenvalue weighted by Gasteiger charge is -2.47. The number of carbonyl (C=O) groups is 1. The number of alkyl halides is 3. The van der Waals surface area contributed by atoms with Crippen LogP contribution in [0.3, 0.4) is 0 Å². The zero-order valence-corrected chi connectivity index (χ0v) is 26.8. The average molecular weight is 678 g/mol. The fourth-order valence-electron chi connectivity index (χ4n) is 6.28. The van der Waals surface area contributed by atoms with Gasteiger partial charge in [-0.05, 0) is 81.3 Å². The molecule has 1 unspecified atom stereocenters. The lowest BCUT2D eigenvalue weighted by Crippen LogP contribution is -2.53. The Bertz CT molecular complexity index is 1940. The third-order valence-electron chi connectivity index (χ3n) is 8.35. The Balaban J connectivity index is 1.46. The number of hydrogen-bond acceptors (Lipinski definition) is 8. The monoisotopic (exact) mass is 677 g/mol. The molecule has 1 aromatic carbocycles. The molecule has 0 bridgehead atoms. The number of carbonyl (C=O) groups excluding carboxylic acids is 1. The molecule has 3 aromatic heterocycles. The van der Waals surface area contributed by atoms with E-state index in [4.69, 9.17) is 0 Å². The zero-order chi connectivity index (χ0) is 33.2. The number of nitrogens with zero attached hydrogens (tertiary/aromatic N) is 7. The second-order valence-corrected chi connectivity index (χ2v) is 15.5. The molecule has 1 fully saturated rings. The molecule has 46 heavy (non-hydrogen) atoms. The van der Waals surface area contributed by atoms with E-state index >= 15 is 0 Å². The quantitative estimate of drug-likeness (QED) is 0.163. The molecule has 3 atom stereocenters. The van der Waals surface area contributed by atoms with Gasteiger partial charge in [0.15, 0.2) is 10.0 Å². The Labute approximate surface area is 266 Å². The van der Waals surface area contributed by atoms with Gasteiger partial charge in [-0.2, -0.15) is 28.2 Å². The molecule has 0 amide bonds. The van der Waals surface area contributed by atoms with Crippen molar-refractivity contribution in [3.8, 4) is 5.69 Å². The molecule has 6 rings (SSSR count). The van der Waals surface area contributed by atoms with Crippen molar-refractivity contribution in [2.75, 3.05) is 6.54 Å². The van der Waals surface area contributed by atoms with E-state index in [0.717, 1.165) is 0 Å². The molecule has 3 heterocycles. The molecule has 244 valence electrons. The van der Waals surface area contributed by atoms with E-state index in [1.54, 1.807) is 48.2 Å². The molecule has 0 spiro atoms. The molecule has 2 aliphatic carbocycles. The highest BCUT2D eigenvalue weighted by Crippen LogP contribution is 2.52. The number of aliphatic hydroxyl groups is 1. The van der Waals surface area contributed by atoms with E-state index in [1.807, 2.05) is 6.08 Å². The SMILES string of the molecule is C=S(=O)(c1cnn(C)n1)N(CC(C)(C)O)[C@H]1CCC2=Cc3c(cnn3-c3ccc(F)cc3)C[C@]2(C(=O)c2ncc(C(F)(F)F)s2)C1. The standard InChI is InChI=1S/C30H31F4N7O3S2/c1-28(2,43)17-40(46(4,44)25-16-36-39(3)38-25)22-8-5-19-11-23-18(14-37-41(23)21-9-6-20(31)7-10-21)12-29(19,13-22)26(42)27-35-15-24(45-27)30(32,33)34/h6-7,9-11,14-16,22,43H,4-5,8,12-13,17H2,1-3H3/t22-,29-,46?/m0/s1. The predicted molar refractivity (Wildman–Crippen MR) is 164 cm³/mol. The smallest absolute Gasteiger partial charge is 0.389 e. The van der Waals surface area contributed by atoms with Gasteiger partial charge in [-0.25, -0.2) is 22.6 Å². The van der Waals surface area contributed by atoms with Crippen molar-refractivity contribution in [3.05, 3.63) is 75.4 Å². The van der Waals surface area contributed by atoms with Crippen LogP contribution in [0, 0.1) is 11.2 Å². The van der Waals surface area contributed by atoms with Crippen LogP contribution < -0.4 is 0 Å². The Morgan fingerprint density at radius 1 is 1.20 bits per heavy atom. The highest BCUT2D eigenvalue weighted by atomic mass is 32.2. The molecule has 0 radical (unpaired) electrons. The van der Waals surface area contributed by atoms with E-state index in [1.165, 1.54) is 23.1 Å². The first-order valence-corrected chi connectivity index (χ1v) is 16.8. The largest absolute Gasteiger partial charge is 0.427 e. The normalized spacial score (nSPS) is 21.4. The number of hydrogen-bond donors (Lipinski definition) is 1. The fraction of sp³-hybridized carbons (Fsp3) is 0.400. The summed E-state index contributed by atoms with van der Waals surface area (Å²) >= 11 is 0.289. The maximum atomic E-state index is 14.5.